The van der Waals surface area contributed by atoms with Crippen LogP contribution in [0.25, 0.3) is 0 Å². The zero-order chi connectivity index (χ0) is 13.0. The lowest BCUT2D eigenvalue weighted by Gasteiger charge is -2.15. The summed E-state index contributed by atoms with van der Waals surface area (Å²) in [5, 5.41) is 4.21. The van der Waals surface area contributed by atoms with E-state index >= 15 is 0 Å². The van der Waals surface area contributed by atoms with Crippen LogP contribution < -0.4 is 5.32 Å². The molecule has 0 aliphatic heterocycles. The number of nitrogens with zero attached hydrogens (tertiary/aromatic N) is 1. The molecule has 0 unspecified atom stereocenters. The number of nitrogens with one attached hydrogen (secondary N) is 1. The first-order valence-electron chi connectivity index (χ1n) is 5.75. The van der Waals surface area contributed by atoms with Gasteiger partial charge < -0.3 is 5.32 Å². The molecule has 0 radical (unpaired) electrons. The highest BCUT2D eigenvalue weighted by Gasteiger charge is 2.08. The maximum Gasteiger partial charge on any atom is 0.0542 e. The molecule has 1 aromatic heterocycles. The molecule has 1 heterocycles. The first kappa shape index (κ1) is 13.5. The molecule has 94 valence electrons. The summed E-state index contributed by atoms with van der Waals surface area (Å²) in [6.45, 7) is 2.82. The smallest absolute Gasteiger partial charge is 0.0542 e. The Morgan fingerprint density at radius 2 is 2.06 bits per heavy atom. The maximum atomic E-state index is 6.16. The van der Waals surface area contributed by atoms with Gasteiger partial charge in [-0.1, -0.05) is 29.8 Å². The second kappa shape index (κ2) is 6.32. The minimum absolute atomic E-state index is 0.198. The Hall–Kier alpha value is -0.900. The molecule has 1 aromatic carbocycles. The monoisotopic (exact) mass is 324 g/mol. The Morgan fingerprint density at radius 3 is 2.72 bits per heavy atom. The zero-order valence-corrected chi connectivity index (χ0v) is 12.4. The van der Waals surface area contributed by atoms with Gasteiger partial charge in [0.25, 0.3) is 0 Å². The number of aromatic nitrogens is 1. The molecule has 4 heteroatoms. The first-order valence-corrected chi connectivity index (χ1v) is 6.92. The second-order valence-electron chi connectivity index (χ2n) is 4.09. The van der Waals surface area contributed by atoms with E-state index in [1.807, 2.05) is 36.4 Å². The van der Waals surface area contributed by atoms with Gasteiger partial charge in [-0.3, -0.25) is 4.98 Å². The van der Waals surface area contributed by atoms with Crippen LogP contribution in [0.15, 0.2) is 47.1 Å². The lowest BCUT2D eigenvalue weighted by Crippen LogP contribution is -2.19. The minimum Gasteiger partial charge on any atom is -0.305 e. The number of hydrogen-bond acceptors (Lipinski definition) is 2. The van der Waals surface area contributed by atoms with Crippen molar-refractivity contribution in [3.8, 4) is 0 Å². The molecule has 0 aliphatic rings. The van der Waals surface area contributed by atoms with Crippen molar-refractivity contribution in [1.82, 2.24) is 10.3 Å². The SMILES string of the molecule is C[C@@H](NCc1ccc(Br)cn1)c1ccccc1Cl. The summed E-state index contributed by atoms with van der Waals surface area (Å²) in [7, 11) is 0. The first-order chi connectivity index (χ1) is 8.66. The predicted molar refractivity (Wildman–Crippen MR) is 78.6 cm³/mol. The molecule has 0 saturated carbocycles. The molecule has 2 rings (SSSR count). The van der Waals surface area contributed by atoms with Crippen molar-refractivity contribution >= 4 is 27.5 Å². The topological polar surface area (TPSA) is 24.9 Å². The molecule has 18 heavy (non-hydrogen) atoms. The molecule has 0 amide bonds. The normalized spacial score (nSPS) is 12.4. The summed E-state index contributed by atoms with van der Waals surface area (Å²) in [5.41, 5.74) is 2.12. The standard InChI is InChI=1S/C14H14BrClN2/c1-10(13-4-2-3-5-14(13)16)17-9-12-7-6-11(15)8-18-12/h2-8,10,17H,9H2,1H3/t10-/m1/s1. The summed E-state index contributed by atoms with van der Waals surface area (Å²) < 4.78 is 0.991. The fraction of sp³-hybridized carbons (Fsp3) is 0.214. The number of rotatable bonds is 4. The summed E-state index contributed by atoms with van der Waals surface area (Å²) >= 11 is 9.53. The molecule has 2 nitrogen and oxygen atoms in total. The van der Waals surface area contributed by atoms with Crippen molar-refractivity contribution in [2.45, 2.75) is 19.5 Å². The highest BCUT2D eigenvalue weighted by Crippen LogP contribution is 2.22. The van der Waals surface area contributed by atoms with E-state index in [9.17, 15) is 0 Å². The lowest BCUT2D eigenvalue weighted by atomic mass is 10.1. The van der Waals surface area contributed by atoms with Crippen LogP contribution in [-0.4, -0.2) is 4.98 Å². The summed E-state index contributed by atoms with van der Waals surface area (Å²) in [5.74, 6) is 0. The van der Waals surface area contributed by atoms with Crippen LogP contribution in [0.3, 0.4) is 0 Å². The third kappa shape index (κ3) is 3.55. The molecule has 1 N–H and O–H groups in total. The average Bonchev–Trinajstić information content (AvgIpc) is 2.38. The molecule has 0 spiro atoms. The highest BCUT2D eigenvalue weighted by molar-refractivity contribution is 9.10. The van der Waals surface area contributed by atoms with Crippen LogP contribution in [0.1, 0.15) is 24.2 Å². The third-order valence-electron chi connectivity index (χ3n) is 2.75. The Balaban J connectivity index is 1.98. The van der Waals surface area contributed by atoms with Crippen molar-refractivity contribution in [3.63, 3.8) is 0 Å². The molecule has 0 saturated heterocycles. The maximum absolute atomic E-state index is 6.16. The van der Waals surface area contributed by atoms with Gasteiger partial charge in [0.2, 0.25) is 0 Å². The quantitative estimate of drug-likeness (QED) is 0.904. The number of benzene rings is 1. The van der Waals surface area contributed by atoms with Crippen LogP contribution >= 0.6 is 27.5 Å². The summed E-state index contributed by atoms with van der Waals surface area (Å²) in [6.07, 6.45) is 1.80. The van der Waals surface area contributed by atoms with Crippen LogP contribution in [0, 0.1) is 0 Å². The van der Waals surface area contributed by atoms with E-state index < -0.39 is 0 Å². The second-order valence-corrected chi connectivity index (χ2v) is 5.41. The molecule has 1 atom stereocenters. The lowest BCUT2D eigenvalue weighted by molar-refractivity contribution is 0.568. The van der Waals surface area contributed by atoms with E-state index in [1.54, 1.807) is 6.20 Å². The van der Waals surface area contributed by atoms with E-state index in [1.165, 1.54) is 0 Å². The van der Waals surface area contributed by atoms with Crippen LogP contribution in [0.4, 0.5) is 0 Å². The summed E-state index contributed by atoms with van der Waals surface area (Å²) in [6, 6.07) is 12.1. The molecular formula is C14H14BrClN2. The van der Waals surface area contributed by atoms with Crippen molar-refractivity contribution in [2.24, 2.45) is 0 Å². The van der Waals surface area contributed by atoms with Crippen molar-refractivity contribution in [2.75, 3.05) is 0 Å². The number of pyridine rings is 1. The fourth-order valence-corrected chi connectivity index (χ4v) is 2.24. The summed E-state index contributed by atoms with van der Waals surface area (Å²) in [4.78, 5) is 4.32. The van der Waals surface area contributed by atoms with E-state index in [4.69, 9.17) is 11.6 Å². The average molecular weight is 326 g/mol. The van der Waals surface area contributed by atoms with Gasteiger partial charge in [0, 0.05) is 28.3 Å². The van der Waals surface area contributed by atoms with E-state index in [0.717, 1.165) is 27.3 Å². The van der Waals surface area contributed by atoms with Gasteiger partial charge in [0.1, 0.15) is 0 Å². The fourth-order valence-electron chi connectivity index (χ4n) is 1.70. The van der Waals surface area contributed by atoms with Crippen LogP contribution in [-0.2, 0) is 6.54 Å². The predicted octanol–water partition coefficient (Wildman–Crippen LogP) is 4.35. The van der Waals surface area contributed by atoms with E-state index in [0.29, 0.717) is 0 Å². The van der Waals surface area contributed by atoms with Crippen LogP contribution in [0.5, 0.6) is 0 Å². The molecule has 0 fully saturated rings. The number of hydrogen-bond donors (Lipinski definition) is 1. The van der Waals surface area contributed by atoms with Gasteiger partial charge in [-0.25, -0.2) is 0 Å². The van der Waals surface area contributed by atoms with Gasteiger partial charge in [0.05, 0.1) is 5.69 Å². The molecule has 0 aliphatic carbocycles. The Morgan fingerprint density at radius 1 is 1.28 bits per heavy atom. The Labute approximate surface area is 121 Å². The Bertz CT molecular complexity index is 513. The van der Waals surface area contributed by atoms with Gasteiger partial charge in [-0.15, -0.1) is 0 Å². The highest BCUT2D eigenvalue weighted by atomic mass is 79.9. The Kier molecular flexibility index (Phi) is 4.75. The molecule has 2 aromatic rings. The van der Waals surface area contributed by atoms with E-state index in [-0.39, 0.29) is 6.04 Å². The van der Waals surface area contributed by atoms with Gasteiger partial charge in [-0.05, 0) is 46.6 Å². The third-order valence-corrected chi connectivity index (χ3v) is 3.56. The molecular weight excluding hydrogens is 312 g/mol. The zero-order valence-electron chi connectivity index (χ0n) is 10.0. The largest absolute Gasteiger partial charge is 0.305 e. The minimum atomic E-state index is 0.198. The number of halogens is 2. The van der Waals surface area contributed by atoms with Gasteiger partial charge >= 0.3 is 0 Å². The van der Waals surface area contributed by atoms with Gasteiger partial charge in [0.15, 0.2) is 0 Å². The van der Waals surface area contributed by atoms with Crippen LogP contribution in [0.2, 0.25) is 5.02 Å². The van der Waals surface area contributed by atoms with Crippen molar-refractivity contribution < 1.29 is 0 Å². The molecule has 0 bridgehead atoms. The van der Waals surface area contributed by atoms with Crippen molar-refractivity contribution in [1.29, 1.82) is 0 Å². The van der Waals surface area contributed by atoms with Gasteiger partial charge in [-0.2, -0.15) is 0 Å². The van der Waals surface area contributed by atoms with Crippen molar-refractivity contribution in [3.05, 3.63) is 63.3 Å². The van der Waals surface area contributed by atoms with E-state index in [2.05, 4.69) is 33.2 Å².